The zero-order valence-corrected chi connectivity index (χ0v) is 11.0. The van der Waals surface area contributed by atoms with Gasteiger partial charge in [-0.1, -0.05) is 18.2 Å². The Hall–Kier alpha value is -1.81. The number of hydrogen-bond donors (Lipinski definition) is 2. The number of carbonyl (C=O) groups is 1. The number of nitrogens with one attached hydrogen (secondary N) is 1. The average Bonchev–Trinajstić information content (AvgIpc) is 2.74. The molecule has 2 heterocycles. The maximum Gasteiger partial charge on any atom is 0.256 e. The molecule has 1 atom stereocenters. The maximum atomic E-state index is 12.6. The molecule has 0 radical (unpaired) electrons. The highest BCUT2D eigenvalue weighted by molar-refractivity contribution is 6.08. The molecule has 1 aromatic carbocycles. The van der Waals surface area contributed by atoms with Crippen LogP contribution in [-0.4, -0.2) is 40.1 Å². The smallest absolute Gasteiger partial charge is 0.256 e. The Balaban J connectivity index is 1.99. The predicted octanol–water partition coefficient (Wildman–Crippen LogP) is 2.07. The van der Waals surface area contributed by atoms with Crippen LogP contribution in [0.4, 0.5) is 0 Å². The molecule has 1 aliphatic heterocycles. The summed E-state index contributed by atoms with van der Waals surface area (Å²) in [5.41, 5.74) is 2.62. The molecule has 2 aromatic rings. The van der Waals surface area contributed by atoms with E-state index in [0.717, 1.165) is 41.5 Å². The number of aliphatic hydroxyl groups excluding tert-OH is 1. The number of piperidine rings is 1. The maximum absolute atomic E-state index is 12.6. The van der Waals surface area contributed by atoms with Crippen molar-refractivity contribution in [2.75, 3.05) is 13.1 Å². The third-order valence-corrected chi connectivity index (χ3v) is 3.79. The van der Waals surface area contributed by atoms with Gasteiger partial charge in [0.15, 0.2) is 0 Å². The van der Waals surface area contributed by atoms with E-state index >= 15 is 0 Å². The summed E-state index contributed by atoms with van der Waals surface area (Å²) in [6.07, 6.45) is 1.27. The minimum atomic E-state index is -0.386. The molecular weight excluding hydrogens is 240 g/mol. The van der Waals surface area contributed by atoms with E-state index in [4.69, 9.17) is 0 Å². The number of β-amino-alcohol motifs (C(OH)–C–C–N with tert-alkyl or cyclic N) is 1. The standard InChI is InChI=1S/C15H18N2O2/c1-10-14(12-6-2-3-7-13(12)16-10)15(19)17-8-4-5-11(18)9-17/h2-3,6-7,11,16,18H,4-5,8-9H2,1H3/t11-/m0/s1. The van der Waals surface area contributed by atoms with Gasteiger partial charge in [0.05, 0.1) is 11.7 Å². The highest BCUT2D eigenvalue weighted by Gasteiger charge is 2.26. The Kier molecular flexibility index (Phi) is 3.03. The molecule has 4 heteroatoms. The minimum absolute atomic E-state index is 0.0219. The zero-order valence-electron chi connectivity index (χ0n) is 11.0. The summed E-state index contributed by atoms with van der Waals surface area (Å²) >= 11 is 0. The van der Waals surface area contributed by atoms with Gasteiger partial charge in [0.25, 0.3) is 5.91 Å². The lowest BCUT2D eigenvalue weighted by molar-refractivity contribution is 0.0475. The van der Waals surface area contributed by atoms with Gasteiger partial charge in [0, 0.05) is 29.7 Å². The molecule has 1 saturated heterocycles. The van der Waals surface area contributed by atoms with Gasteiger partial charge in [-0.3, -0.25) is 4.79 Å². The first-order valence-electron chi connectivity index (χ1n) is 6.71. The zero-order chi connectivity index (χ0) is 13.4. The first-order valence-corrected chi connectivity index (χ1v) is 6.71. The van der Waals surface area contributed by atoms with E-state index in [-0.39, 0.29) is 12.0 Å². The number of benzene rings is 1. The topological polar surface area (TPSA) is 56.3 Å². The van der Waals surface area contributed by atoms with Crippen LogP contribution in [0.15, 0.2) is 24.3 Å². The van der Waals surface area contributed by atoms with E-state index in [1.165, 1.54) is 0 Å². The number of fused-ring (bicyclic) bond motifs is 1. The lowest BCUT2D eigenvalue weighted by atomic mass is 10.1. The van der Waals surface area contributed by atoms with Crippen LogP contribution >= 0.6 is 0 Å². The Labute approximate surface area is 112 Å². The number of aromatic amines is 1. The number of aryl methyl sites for hydroxylation is 1. The number of carbonyl (C=O) groups excluding carboxylic acids is 1. The van der Waals surface area contributed by atoms with Crippen LogP contribution in [0.3, 0.4) is 0 Å². The molecule has 2 N–H and O–H groups in total. The number of nitrogens with zero attached hydrogens (tertiary/aromatic N) is 1. The van der Waals surface area contributed by atoms with Crippen molar-refractivity contribution < 1.29 is 9.90 Å². The number of likely N-dealkylation sites (tertiary alicyclic amines) is 1. The molecule has 1 aromatic heterocycles. The van der Waals surface area contributed by atoms with Crippen LogP contribution in [-0.2, 0) is 0 Å². The summed E-state index contributed by atoms with van der Waals surface area (Å²) in [6, 6.07) is 7.84. The molecule has 1 amide bonds. The number of rotatable bonds is 1. The quantitative estimate of drug-likeness (QED) is 0.822. The third-order valence-electron chi connectivity index (χ3n) is 3.79. The predicted molar refractivity (Wildman–Crippen MR) is 74.2 cm³/mol. The molecule has 0 unspecified atom stereocenters. The number of amides is 1. The molecule has 0 aliphatic carbocycles. The second-order valence-electron chi connectivity index (χ2n) is 5.22. The Morgan fingerprint density at radius 1 is 1.42 bits per heavy atom. The number of H-pyrrole nitrogens is 1. The Morgan fingerprint density at radius 3 is 3.00 bits per heavy atom. The fraction of sp³-hybridized carbons (Fsp3) is 0.400. The van der Waals surface area contributed by atoms with Gasteiger partial charge in [-0.15, -0.1) is 0 Å². The van der Waals surface area contributed by atoms with Crippen molar-refractivity contribution in [2.24, 2.45) is 0 Å². The highest BCUT2D eigenvalue weighted by Crippen LogP contribution is 2.24. The summed E-state index contributed by atoms with van der Waals surface area (Å²) < 4.78 is 0. The SMILES string of the molecule is Cc1[nH]c2ccccc2c1C(=O)N1CCC[C@H](O)C1. The molecular formula is C15H18N2O2. The van der Waals surface area contributed by atoms with E-state index < -0.39 is 0 Å². The van der Waals surface area contributed by atoms with E-state index in [9.17, 15) is 9.90 Å². The molecule has 4 nitrogen and oxygen atoms in total. The summed E-state index contributed by atoms with van der Waals surface area (Å²) in [4.78, 5) is 17.6. The van der Waals surface area contributed by atoms with Gasteiger partial charge in [-0.25, -0.2) is 0 Å². The molecule has 19 heavy (non-hydrogen) atoms. The highest BCUT2D eigenvalue weighted by atomic mass is 16.3. The van der Waals surface area contributed by atoms with Crippen molar-refractivity contribution in [2.45, 2.75) is 25.9 Å². The van der Waals surface area contributed by atoms with Crippen molar-refractivity contribution in [3.8, 4) is 0 Å². The van der Waals surface area contributed by atoms with Gasteiger partial charge in [-0.2, -0.15) is 0 Å². The van der Waals surface area contributed by atoms with Gasteiger partial charge in [0.2, 0.25) is 0 Å². The molecule has 100 valence electrons. The van der Waals surface area contributed by atoms with Gasteiger partial charge < -0.3 is 15.0 Å². The summed E-state index contributed by atoms with van der Waals surface area (Å²) in [7, 11) is 0. The number of para-hydroxylation sites is 1. The normalized spacial score (nSPS) is 19.9. The number of aromatic nitrogens is 1. The fourth-order valence-corrected chi connectivity index (χ4v) is 2.85. The fourth-order valence-electron chi connectivity index (χ4n) is 2.85. The number of aliphatic hydroxyl groups is 1. The summed E-state index contributed by atoms with van der Waals surface area (Å²) in [6.45, 7) is 3.10. The van der Waals surface area contributed by atoms with Crippen LogP contribution in [0.1, 0.15) is 28.9 Å². The lowest BCUT2D eigenvalue weighted by Gasteiger charge is -2.30. The first-order chi connectivity index (χ1) is 9.16. The van der Waals surface area contributed by atoms with Crippen molar-refractivity contribution in [1.82, 2.24) is 9.88 Å². The summed E-state index contributed by atoms with van der Waals surface area (Å²) in [5.74, 6) is 0.0219. The molecule has 0 spiro atoms. The van der Waals surface area contributed by atoms with Crippen LogP contribution in [0, 0.1) is 6.92 Å². The van der Waals surface area contributed by atoms with Crippen molar-refractivity contribution in [3.63, 3.8) is 0 Å². The molecule has 0 bridgehead atoms. The van der Waals surface area contributed by atoms with Crippen molar-refractivity contribution >= 4 is 16.8 Å². The molecule has 1 fully saturated rings. The molecule has 3 rings (SSSR count). The monoisotopic (exact) mass is 258 g/mol. The van der Waals surface area contributed by atoms with Gasteiger partial charge >= 0.3 is 0 Å². The molecule has 1 aliphatic rings. The molecule has 0 saturated carbocycles. The lowest BCUT2D eigenvalue weighted by Crippen LogP contribution is -2.42. The van der Waals surface area contributed by atoms with Crippen molar-refractivity contribution in [1.29, 1.82) is 0 Å². The van der Waals surface area contributed by atoms with E-state index in [1.807, 2.05) is 31.2 Å². The van der Waals surface area contributed by atoms with E-state index in [0.29, 0.717) is 6.54 Å². The second kappa shape index (κ2) is 4.70. The van der Waals surface area contributed by atoms with Gasteiger partial charge in [0.1, 0.15) is 0 Å². The van der Waals surface area contributed by atoms with Crippen LogP contribution in [0.25, 0.3) is 10.9 Å². The van der Waals surface area contributed by atoms with Crippen LogP contribution in [0.2, 0.25) is 0 Å². The largest absolute Gasteiger partial charge is 0.391 e. The second-order valence-corrected chi connectivity index (χ2v) is 5.22. The van der Waals surface area contributed by atoms with E-state index in [2.05, 4.69) is 4.98 Å². The van der Waals surface area contributed by atoms with E-state index in [1.54, 1.807) is 4.90 Å². The average molecular weight is 258 g/mol. The first kappa shape index (κ1) is 12.2. The Bertz CT molecular complexity index is 618. The Morgan fingerprint density at radius 2 is 2.21 bits per heavy atom. The third kappa shape index (κ3) is 2.12. The van der Waals surface area contributed by atoms with Crippen LogP contribution in [0.5, 0.6) is 0 Å². The summed E-state index contributed by atoms with van der Waals surface area (Å²) in [5, 5.41) is 10.7. The van der Waals surface area contributed by atoms with Gasteiger partial charge in [-0.05, 0) is 25.8 Å². The van der Waals surface area contributed by atoms with Crippen molar-refractivity contribution in [3.05, 3.63) is 35.5 Å². The van der Waals surface area contributed by atoms with Crippen LogP contribution < -0.4 is 0 Å². The minimum Gasteiger partial charge on any atom is -0.391 e. The number of hydrogen-bond acceptors (Lipinski definition) is 2.